The Balaban J connectivity index is 2.14. The summed E-state index contributed by atoms with van der Waals surface area (Å²) in [6, 6.07) is 20.8. The molecule has 0 aliphatic carbocycles. The van der Waals surface area contributed by atoms with Gasteiger partial charge in [0.05, 0.1) is 0 Å². The van der Waals surface area contributed by atoms with E-state index in [2.05, 4.69) is 37.3 Å². The van der Waals surface area contributed by atoms with Crippen molar-refractivity contribution in [1.82, 2.24) is 0 Å². The van der Waals surface area contributed by atoms with E-state index in [0.29, 0.717) is 0 Å². The van der Waals surface area contributed by atoms with Crippen LogP contribution in [0.2, 0.25) is 0 Å². The predicted molar refractivity (Wildman–Crippen MR) is 88.8 cm³/mol. The molecule has 1 nitrogen and oxygen atoms in total. The van der Waals surface area contributed by atoms with Crippen molar-refractivity contribution in [3.8, 4) is 11.1 Å². The molecule has 3 aromatic rings. The van der Waals surface area contributed by atoms with Gasteiger partial charge in [0.2, 0.25) is 0 Å². The molecule has 0 atom stereocenters. The third-order valence-corrected chi connectivity index (χ3v) is 3.89. The summed E-state index contributed by atoms with van der Waals surface area (Å²) in [5.74, 6) is 0. The van der Waals surface area contributed by atoms with Crippen LogP contribution in [0.4, 0.5) is 0 Å². The second-order valence-electron chi connectivity index (χ2n) is 5.31. The standard InChI is InChI=1S/C20H18O/c1-2-5-15-8-10-16(11-9-15)19-13-12-17(14-21)18-6-3-4-7-20(18)19/h3-4,6-14H,2,5H2,1H3. The number of rotatable bonds is 4. The van der Waals surface area contributed by atoms with Crippen molar-refractivity contribution in [3.63, 3.8) is 0 Å². The Morgan fingerprint density at radius 3 is 2.24 bits per heavy atom. The molecule has 1 heteroatoms. The highest BCUT2D eigenvalue weighted by atomic mass is 16.1. The minimum Gasteiger partial charge on any atom is -0.298 e. The van der Waals surface area contributed by atoms with Crippen molar-refractivity contribution >= 4 is 17.1 Å². The minimum absolute atomic E-state index is 0.747. The summed E-state index contributed by atoms with van der Waals surface area (Å²) >= 11 is 0. The van der Waals surface area contributed by atoms with Gasteiger partial charge >= 0.3 is 0 Å². The lowest BCUT2D eigenvalue weighted by Crippen LogP contribution is -1.88. The van der Waals surface area contributed by atoms with E-state index in [1.165, 1.54) is 16.7 Å². The molecule has 0 aromatic heterocycles. The molecular weight excluding hydrogens is 256 g/mol. The van der Waals surface area contributed by atoms with Gasteiger partial charge in [-0.15, -0.1) is 0 Å². The summed E-state index contributed by atoms with van der Waals surface area (Å²) in [7, 11) is 0. The maximum absolute atomic E-state index is 11.2. The van der Waals surface area contributed by atoms with Gasteiger partial charge in [-0.05, 0) is 33.9 Å². The lowest BCUT2D eigenvalue weighted by atomic mass is 9.94. The van der Waals surface area contributed by atoms with Gasteiger partial charge in [0.25, 0.3) is 0 Å². The zero-order chi connectivity index (χ0) is 14.7. The van der Waals surface area contributed by atoms with E-state index in [9.17, 15) is 4.79 Å². The SMILES string of the molecule is CCCc1ccc(-c2ccc(C=O)c3ccccc23)cc1. The fourth-order valence-corrected chi connectivity index (χ4v) is 2.82. The van der Waals surface area contributed by atoms with Crippen LogP contribution in [0.5, 0.6) is 0 Å². The fourth-order valence-electron chi connectivity index (χ4n) is 2.82. The van der Waals surface area contributed by atoms with Crippen LogP contribution in [0.15, 0.2) is 60.7 Å². The molecule has 0 saturated carbocycles. The molecule has 0 saturated heterocycles. The largest absolute Gasteiger partial charge is 0.298 e. The van der Waals surface area contributed by atoms with Gasteiger partial charge in [-0.3, -0.25) is 4.79 Å². The Bertz CT molecular complexity index is 769. The lowest BCUT2D eigenvalue weighted by Gasteiger charge is -2.09. The van der Waals surface area contributed by atoms with Crippen molar-refractivity contribution in [3.05, 3.63) is 71.8 Å². The van der Waals surface area contributed by atoms with Crippen LogP contribution in [0.3, 0.4) is 0 Å². The molecule has 104 valence electrons. The number of aryl methyl sites for hydroxylation is 1. The highest BCUT2D eigenvalue weighted by Crippen LogP contribution is 2.30. The third-order valence-electron chi connectivity index (χ3n) is 3.89. The number of hydrogen-bond acceptors (Lipinski definition) is 1. The highest BCUT2D eigenvalue weighted by molar-refractivity contribution is 6.05. The quantitative estimate of drug-likeness (QED) is 0.592. The first-order valence-electron chi connectivity index (χ1n) is 7.39. The zero-order valence-electron chi connectivity index (χ0n) is 12.2. The maximum atomic E-state index is 11.2. The first kappa shape index (κ1) is 13.6. The fraction of sp³-hybridized carbons (Fsp3) is 0.150. The Kier molecular flexibility index (Phi) is 3.83. The van der Waals surface area contributed by atoms with Gasteiger partial charge in [0.15, 0.2) is 6.29 Å². The van der Waals surface area contributed by atoms with Gasteiger partial charge in [-0.1, -0.05) is 74.0 Å². The summed E-state index contributed by atoms with van der Waals surface area (Å²) in [6.45, 7) is 2.19. The third kappa shape index (κ3) is 2.59. The number of carbonyl (C=O) groups is 1. The molecule has 0 radical (unpaired) electrons. The average Bonchev–Trinajstić information content (AvgIpc) is 2.55. The van der Waals surface area contributed by atoms with E-state index < -0.39 is 0 Å². The maximum Gasteiger partial charge on any atom is 0.150 e. The van der Waals surface area contributed by atoms with Crippen LogP contribution in [0.1, 0.15) is 29.3 Å². The van der Waals surface area contributed by atoms with Crippen LogP contribution in [0.25, 0.3) is 21.9 Å². The smallest absolute Gasteiger partial charge is 0.150 e. The Hall–Kier alpha value is -2.41. The van der Waals surface area contributed by atoms with Crippen LogP contribution >= 0.6 is 0 Å². The predicted octanol–water partition coefficient (Wildman–Crippen LogP) is 5.27. The van der Waals surface area contributed by atoms with E-state index in [-0.39, 0.29) is 0 Å². The number of carbonyl (C=O) groups excluding carboxylic acids is 1. The van der Waals surface area contributed by atoms with E-state index in [1.807, 2.05) is 30.3 Å². The molecule has 0 aliphatic heterocycles. The molecular formula is C20H18O. The van der Waals surface area contributed by atoms with Gasteiger partial charge in [-0.2, -0.15) is 0 Å². The van der Waals surface area contributed by atoms with Gasteiger partial charge in [-0.25, -0.2) is 0 Å². The van der Waals surface area contributed by atoms with Crippen LogP contribution in [-0.4, -0.2) is 6.29 Å². The summed E-state index contributed by atoms with van der Waals surface area (Å²) in [6.07, 6.45) is 3.21. The van der Waals surface area contributed by atoms with Crippen molar-refractivity contribution in [1.29, 1.82) is 0 Å². The zero-order valence-corrected chi connectivity index (χ0v) is 12.2. The van der Waals surface area contributed by atoms with E-state index >= 15 is 0 Å². The Labute approximate surface area is 125 Å². The minimum atomic E-state index is 0.747. The molecule has 0 fully saturated rings. The molecule has 0 amide bonds. The summed E-state index contributed by atoms with van der Waals surface area (Å²) in [5, 5.41) is 2.15. The molecule has 3 aromatic carbocycles. The van der Waals surface area contributed by atoms with Crippen LogP contribution < -0.4 is 0 Å². The van der Waals surface area contributed by atoms with Crippen molar-refractivity contribution in [2.24, 2.45) is 0 Å². The summed E-state index contributed by atoms with van der Waals surface area (Å²) in [5.41, 5.74) is 4.50. The van der Waals surface area contributed by atoms with E-state index in [1.54, 1.807) is 0 Å². The van der Waals surface area contributed by atoms with Gasteiger partial charge in [0.1, 0.15) is 0 Å². The normalized spacial score (nSPS) is 10.7. The number of benzene rings is 3. The van der Waals surface area contributed by atoms with Gasteiger partial charge in [0, 0.05) is 5.56 Å². The number of fused-ring (bicyclic) bond motifs is 1. The molecule has 3 rings (SSSR count). The highest BCUT2D eigenvalue weighted by Gasteiger charge is 2.07. The second-order valence-corrected chi connectivity index (χ2v) is 5.31. The lowest BCUT2D eigenvalue weighted by molar-refractivity contribution is 0.112. The molecule has 0 N–H and O–H groups in total. The second kappa shape index (κ2) is 5.92. The van der Waals surface area contributed by atoms with Gasteiger partial charge < -0.3 is 0 Å². The number of aldehydes is 1. The average molecular weight is 274 g/mol. The van der Waals surface area contributed by atoms with Crippen LogP contribution in [0, 0.1) is 0 Å². The molecule has 0 bridgehead atoms. The van der Waals surface area contributed by atoms with Crippen molar-refractivity contribution in [2.45, 2.75) is 19.8 Å². The number of hydrogen-bond donors (Lipinski definition) is 0. The summed E-state index contributed by atoms with van der Waals surface area (Å²) < 4.78 is 0. The molecule has 0 heterocycles. The molecule has 0 unspecified atom stereocenters. The molecule has 21 heavy (non-hydrogen) atoms. The Morgan fingerprint density at radius 1 is 0.857 bits per heavy atom. The first-order valence-corrected chi connectivity index (χ1v) is 7.39. The van der Waals surface area contributed by atoms with Crippen molar-refractivity contribution in [2.75, 3.05) is 0 Å². The van der Waals surface area contributed by atoms with Crippen LogP contribution in [-0.2, 0) is 6.42 Å². The molecule has 0 spiro atoms. The van der Waals surface area contributed by atoms with E-state index in [0.717, 1.165) is 35.5 Å². The van der Waals surface area contributed by atoms with Crippen molar-refractivity contribution < 1.29 is 4.79 Å². The Morgan fingerprint density at radius 2 is 1.57 bits per heavy atom. The first-order chi connectivity index (χ1) is 10.3. The summed E-state index contributed by atoms with van der Waals surface area (Å²) in [4.78, 5) is 11.2. The molecule has 0 aliphatic rings. The topological polar surface area (TPSA) is 17.1 Å². The van der Waals surface area contributed by atoms with E-state index in [4.69, 9.17) is 0 Å². The monoisotopic (exact) mass is 274 g/mol.